The lowest BCUT2D eigenvalue weighted by Gasteiger charge is -2.17. The summed E-state index contributed by atoms with van der Waals surface area (Å²) in [6.07, 6.45) is 3.49. The van der Waals surface area contributed by atoms with Gasteiger partial charge in [0.25, 0.3) is 0 Å². The van der Waals surface area contributed by atoms with Crippen LogP contribution in [-0.2, 0) is 6.54 Å². The normalized spacial score (nSPS) is 10.8. The Morgan fingerprint density at radius 1 is 1.14 bits per heavy atom. The molecule has 2 heterocycles. The number of hydrogen-bond acceptors (Lipinski definition) is 6. The van der Waals surface area contributed by atoms with Gasteiger partial charge in [-0.2, -0.15) is 0 Å². The third-order valence-corrected chi connectivity index (χ3v) is 4.33. The molecule has 9 heteroatoms. The van der Waals surface area contributed by atoms with Gasteiger partial charge in [0.1, 0.15) is 17.8 Å². The van der Waals surface area contributed by atoms with E-state index in [0.717, 1.165) is 16.7 Å². The Bertz CT molecular complexity index is 973. The molecule has 0 spiro atoms. The van der Waals surface area contributed by atoms with Crippen LogP contribution in [0.1, 0.15) is 5.56 Å². The van der Waals surface area contributed by atoms with E-state index in [0.29, 0.717) is 29.4 Å². The third-order valence-electron chi connectivity index (χ3n) is 4.33. The van der Waals surface area contributed by atoms with Crippen molar-refractivity contribution in [3.05, 3.63) is 36.3 Å². The van der Waals surface area contributed by atoms with E-state index in [1.165, 1.54) is 4.90 Å². The Labute approximate surface area is 163 Å². The number of ether oxygens (including phenoxy) is 2. The molecule has 2 amide bonds. The topological polar surface area (TPSA) is 93.0 Å². The number of nitrogens with one attached hydrogen (secondary N) is 2. The van der Waals surface area contributed by atoms with Gasteiger partial charge in [-0.15, -0.1) is 10.2 Å². The average Bonchev–Trinajstić information content (AvgIpc) is 3.17. The van der Waals surface area contributed by atoms with Crippen molar-refractivity contribution in [3.8, 4) is 22.6 Å². The monoisotopic (exact) mass is 384 g/mol. The maximum Gasteiger partial charge on any atom is 0.321 e. The fourth-order valence-electron chi connectivity index (χ4n) is 2.92. The van der Waals surface area contributed by atoms with Crippen LogP contribution < -0.4 is 20.1 Å². The molecule has 148 valence electrons. The molecule has 3 aromatic rings. The fraction of sp³-hybridized carbons (Fsp3) is 0.316. The summed E-state index contributed by atoms with van der Waals surface area (Å²) in [6, 6.07) is 5.50. The zero-order valence-electron chi connectivity index (χ0n) is 16.6. The molecule has 0 radical (unpaired) electrons. The summed E-state index contributed by atoms with van der Waals surface area (Å²) in [7, 11) is 8.48. The fourth-order valence-corrected chi connectivity index (χ4v) is 2.92. The maximum absolute atomic E-state index is 12.2. The van der Waals surface area contributed by atoms with Crippen molar-refractivity contribution in [2.24, 2.45) is 0 Å². The van der Waals surface area contributed by atoms with Crippen LogP contribution in [0.5, 0.6) is 11.5 Å². The molecule has 9 nitrogen and oxygen atoms in total. The van der Waals surface area contributed by atoms with Gasteiger partial charge < -0.3 is 25.0 Å². The van der Waals surface area contributed by atoms with Gasteiger partial charge in [-0.25, -0.2) is 4.79 Å². The number of hydrogen-bond donors (Lipinski definition) is 2. The van der Waals surface area contributed by atoms with Crippen LogP contribution in [0.15, 0.2) is 30.7 Å². The van der Waals surface area contributed by atoms with E-state index in [1.54, 1.807) is 39.0 Å². The highest BCUT2D eigenvalue weighted by Gasteiger charge is 2.16. The number of fused-ring (bicyclic) bond motifs is 1. The van der Waals surface area contributed by atoms with Crippen molar-refractivity contribution in [3.63, 3.8) is 0 Å². The first kappa shape index (κ1) is 19.4. The van der Waals surface area contributed by atoms with E-state index < -0.39 is 0 Å². The lowest BCUT2D eigenvalue weighted by molar-refractivity contribution is 0.230. The van der Waals surface area contributed by atoms with Crippen molar-refractivity contribution in [2.75, 3.05) is 40.7 Å². The van der Waals surface area contributed by atoms with Crippen molar-refractivity contribution >= 4 is 17.4 Å². The Morgan fingerprint density at radius 3 is 2.39 bits per heavy atom. The molecule has 0 saturated heterocycles. The second kappa shape index (κ2) is 8.13. The number of amides is 2. The molecule has 2 aromatic heterocycles. The molecule has 3 rings (SSSR count). The van der Waals surface area contributed by atoms with Gasteiger partial charge in [-0.05, 0) is 30.8 Å². The number of anilines is 1. The Kier molecular flexibility index (Phi) is 5.65. The molecule has 0 unspecified atom stereocenters. The summed E-state index contributed by atoms with van der Waals surface area (Å²) < 4.78 is 12.9. The van der Waals surface area contributed by atoms with E-state index in [1.807, 2.05) is 31.4 Å². The third kappa shape index (κ3) is 3.70. The highest BCUT2D eigenvalue weighted by atomic mass is 16.5. The summed E-state index contributed by atoms with van der Waals surface area (Å²) >= 11 is 0. The van der Waals surface area contributed by atoms with E-state index in [2.05, 4.69) is 20.8 Å². The number of carbonyl (C=O) groups is 1. The first-order valence-electron chi connectivity index (χ1n) is 8.70. The Balaban J connectivity index is 2.14. The van der Waals surface area contributed by atoms with Crippen molar-refractivity contribution in [1.82, 2.24) is 24.8 Å². The number of nitrogens with zero attached hydrogens (tertiary/aromatic N) is 4. The standard InChI is InChI=1S/C19H24N6O3/c1-20-9-14-16(27-4)7-12(8-17(14)28-5)13-6-15(22-19(26)24(2)3)18-23-21-11-25(18)10-13/h6-8,10-11,20H,9H2,1-5H3,(H,22,26). The van der Waals surface area contributed by atoms with Crippen molar-refractivity contribution in [1.29, 1.82) is 0 Å². The zero-order chi connectivity index (χ0) is 20.3. The van der Waals surface area contributed by atoms with Crippen LogP contribution in [0.4, 0.5) is 10.5 Å². The van der Waals surface area contributed by atoms with Crippen LogP contribution in [0.2, 0.25) is 0 Å². The number of aromatic nitrogens is 3. The number of carbonyl (C=O) groups excluding carboxylic acids is 1. The number of urea groups is 1. The molecule has 0 fully saturated rings. The van der Waals surface area contributed by atoms with E-state index in [9.17, 15) is 4.79 Å². The minimum Gasteiger partial charge on any atom is -0.496 e. The van der Waals surface area contributed by atoms with Gasteiger partial charge >= 0.3 is 6.03 Å². The molecule has 1 aromatic carbocycles. The van der Waals surface area contributed by atoms with Crippen LogP contribution in [0.3, 0.4) is 0 Å². The number of rotatable bonds is 6. The largest absolute Gasteiger partial charge is 0.496 e. The summed E-state index contributed by atoms with van der Waals surface area (Å²) in [5, 5.41) is 14.0. The first-order chi connectivity index (χ1) is 13.5. The van der Waals surface area contributed by atoms with Gasteiger partial charge in [0.15, 0.2) is 5.65 Å². The maximum atomic E-state index is 12.2. The molecule has 0 aliphatic carbocycles. The van der Waals surface area contributed by atoms with Crippen molar-refractivity contribution in [2.45, 2.75) is 6.54 Å². The van der Waals surface area contributed by atoms with E-state index in [4.69, 9.17) is 9.47 Å². The van der Waals surface area contributed by atoms with Crippen LogP contribution >= 0.6 is 0 Å². The molecular weight excluding hydrogens is 360 g/mol. The smallest absolute Gasteiger partial charge is 0.321 e. The molecule has 0 atom stereocenters. The van der Waals surface area contributed by atoms with E-state index >= 15 is 0 Å². The number of benzene rings is 1. The Hall–Kier alpha value is -3.33. The van der Waals surface area contributed by atoms with Gasteiger partial charge in [-0.1, -0.05) is 0 Å². The lowest BCUT2D eigenvalue weighted by atomic mass is 10.0. The predicted octanol–water partition coefficient (Wildman–Crippen LogP) is 2.23. The predicted molar refractivity (Wildman–Crippen MR) is 107 cm³/mol. The Morgan fingerprint density at radius 2 is 1.82 bits per heavy atom. The molecule has 0 saturated carbocycles. The van der Waals surface area contributed by atoms with Gasteiger partial charge in [0.2, 0.25) is 0 Å². The highest BCUT2D eigenvalue weighted by Crippen LogP contribution is 2.36. The zero-order valence-corrected chi connectivity index (χ0v) is 16.6. The van der Waals surface area contributed by atoms with Gasteiger partial charge in [0, 0.05) is 38.0 Å². The van der Waals surface area contributed by atoms with Gasteiger partial charge in [-0.3, -0.25) is 4.40 Å². The van der Waals surface area contributed by atoms with E-state index in [-0.39, 0.29) is 6.03 Å². The lowest BCUT2D eigenvalue weighted by Crippen LogP contribution is -2.27. The first-order valence-corrected chi connectivity index (χ1v) is 8.70. The SMILES string of the molecule is CNCc1c(OC)cc(-c2cc(NC(=O)N(C)C)c3nncn3c2)cc1OC. The average molecular weight is 384 g/mol. The summed E-state index contributed by atoms with van der Waals surface area (Å²) in [5.74, 6) is 1.43. The van der Waals surface area contributed by atoms with Gasteiger partial charge in [0.05, 0.1) is 19.9 Å². The molecule has 28 heavy (non-hydrogen) atoms. The summed E-state index contributed by atoms with van der Waals surface area (Å²) in [4.78, 5) is 13.6. The minimum absolute atomic E-state index is 0.249. The molecule has 0 aliphatic rings. The van der Waals surface area contributed by atoms with Crippen molar-refractivity contribution < 1.29 is 14.3 Å². The summed E-state index contributed by atoms with van der Waals surface area (Å²) in [5.41, 5.74) is 3.79. The molecular formula is C19H24N6O3. The molecule has 0 bridgehead atoms. The number of pyridine rings is 1. The second-order valence-electron chi connectivity index (χ2n) is 6.42. The highest BCUT2D eigenvalue weighted by molar-refractivity contribution is 5.94. The molecule has 0 aliphatic heterocycles. The van der Waals surface area contributed by atoms with Crippen LogP contribution in [-0.4, -0.2) is 60.9 Å². The molecule has 2 N–H and O–H groups in total. The van der Waals surface area contributed by atoms with Crippen LogP contribution in [0, 0.1) is 0 Å². The minimum atomic E-state index is -0.249. The number of methoxy groups -OCH3 is 2. The van der Waals surface area contributed by atoms with Crippen LogP contribution in [0.25, 0.3) is 16.8 Å². The second-order valence-corrected chi connectivity index (χ2v) is 6.42. The quantitative estimate of drug-likeness (QED) is 0.677. The summed E-state index contributed by atoms with van der Waals surface area (Å²) in [6.45, 7) is 0.612.